The SMILES string of the molecule is Nc1cc(Cl)cc(C(=O)NCCc2ccc(Br)s2)c1. The normalized spacial score (nSPS) is 10.4. The molecule has 0 unspecified atom stereocenters. The van der Waals surface area contributed by atoms with Gasteiger partial charge in [0.05, 0.1) is 3.79 Å². The molecule has 3 N–H and O–H groups in total. The number of halogens is 2. The van der Waals surface area contributed by atoms with Gasteiger partial charge in [-0.05, 0) is 52.7 Å². The van der Waals surface area contributed by atoms with Crippen LogP contribution in [0.5, 0.6) is 0 Å². The summed E-state index contributed by atoms with van der Waals surface area (Å²) in [6.07, 6.45) is 0.804. The van der Waals surface area contributed by atoms with Crippen molar-refractivity contribution in [1.82, 2.24) is 5.32 Å². The molecule has 1 amide bonds. The summed E-state index contributed by atoms with van der Waals surface area (Å²) in [6.45, 7) is 0.582. The number of benzene rings is 1. The molecule has 0 atom stereocenters. The summed E-state index contributed by atoms with van der Waals surface area (Å²) < 4.78 is 1.09. The minimum atomic E-state index is -0.162. The van der Waals surface area contributed by atoms with E-state index >= 15 is 0 Å². The van der Waals surface area contributed by atoms with Crippen molar-refractivity contribution in [1.29, 1.82) is 0 Å². The monoisotopic (exact) mass is 358 g/mol. The maximum atomic E-state index is 11.9. The molecular weight excluding hydrogens is 348 g/mol. The van der Waals surface area contributed by atoms with Crippen molar-refractivity contribution >= 4 is 50.5 Å². The Kier molecular flexibility index (Phi) is 4.85. The number of carbonyl (C=O) groups is 1. The number of rotatable bonds is 4. The van der Waals surface area contributed by atoms with Gasteiger partial charge in [-0.15, -0.1) is 11.3 Å². The van der Waals surface area contributed by atoms with Gasteiger partial charge in [0.1, 0.15) is 0 Å². The fourth-order valence-corrected chi connectivity index (χ4v) is 3.36. The van der Waals surface area contributed by atoms with Crippen molar-refractivity contribution in [2.24, 2.45) is 0 Å². The number of anilines is 1. The minimum absolute atomic E-state index is 0.162. The molecule has 0 saturated heterocycles. The van der Waals surface area contributed by atoms with E-state index in [-0.39, 0.29) is 5.91 Å². The zero-order chi connectivity index (χ0) is 13.8. The third-order valence-corrected chi connectivity index (χ3v) is 4.37. The van der Waals surface area contributed by atoms with Gasteiger partial charge in [0, 0.05) is 27.7 Å². The van der Waals surface area contributed by atoms with Gasteiger partial charge in [0.15, 0.2) is 0 Å². The number of carbonyl (C=O) groups excluding carboxylic acids is 1. The molecule has 3 nitrogen and oxygen atoms in total. The van der Waals surface area contributed by atoms with Crippen LogP contribution in [0.4, 0.5) is 5.69 Å². The van der Waals surface area contributed by atoms with Crippen molar-refractivity contribution in [3.8, 4) is 0 Å². The van der Waals surface area contributed by atoms with E-state index in [2.05, 4.69) is 21.2 Å². The summed E-state index contributed by atoms with van der Waals surface area (Å²) in [5.74, 6) is -0.162. The second-order valence-corrected chi connectivity index (χ2v) is 6.97. The van der Waals surface area contributed by atoms with Crippen LogP contribution >= 0.6 is 38.9 Å². The van der Waals surface area contributed by atoms with Gasteiger partial charge in [-0.1, -0.05) is 11.6 Å². The molecule has 1 heterocycles. The summed E-state index contributed by atoms with van der Waals surface area (Å²) in [7, 11) is 0. The van der Waals surface area contributed by atoms with Crippen LogP contribution in [0, 0.1) is 0 Å². The quantitative estimate of drug-likeness (QED) is 0.818. The topological polar surface area (TPSA) is 55.1 Å². The molecule has 0 aliphatic rings. The summed E-state index contributed by atoms with van der Waals surface area (Å²) in [6, 6.07) is 8.87. The van der Waals surface area contributed by atoms with Gasteiger partial charge in [0.25, 0.3) is 5.91 Å². The van der Waals surface area contributed by atoms with E-state index in [1.165, 1.54) is 4.88 Å². The molecule has 0 spiro atoms. The van der Waals surface area contributed by atoms with E-state index in [0.717, 1.165) is 10.2 Å². The summed E-state index contributed by atoms with van der Waals surface area (Å²) in [5, 5.41) is 3.31. The van der Waals surface area contributed by atoms with E-state index in [0.29, 0.717) is 22.8 Å². The predicted molar refractivity (Wildman–Crippen MR) is 83.9 cm³/mol. The predicted octanol–water partition coefficient (Wildman–Crippen LogP) is 3.72. The van der Waals surface area contributed by atoms with Gasteiger partial charge < -0.3 is 11.1 Å². The van der Waals surface area contributed by atoms with Crippen LogP contribution in [0.2, 0.25) is 5.02 Å². The first-order chi connectivity index (χ1) is 9.04. The lowest BCUT2D eigenvalue weighted by molar-refractivity contribution is 0.0954. The Morgan fingerprint density at radius 3 is 2.79 bits per heavy atom. The molecule has 1 aromatic carbocycles. The Morgan fingerprint density at radius 1 is 1.37 bits per heavy atom. The standard InChI is InChI=1S/C13H12BrClN2OS/c14-12-2-1-11(19-12)3-4-17-13(18)8-5-9(15)7-10(16)6-8/h1-2,5-7H,3-4,16H2,(H,17,18). The highest BCUT2D eigenvalue weighted by molar-refractivity contribution is 9.11. The Balaban J connectivity index is 1.90. The summed E-state index contributed by atoms with van der Waals surface area (Å²) in [5.41, 5.74) is 6.62. The molecule has 2 rings (SSSR count). The van der Waals surface area contributed by atoms with Crippen LogP contribution in [0.25, 0.3) is 0 Å². The molecule has 100 valence electrons. The lowest BCUT2D eigenvalue weighted by atomic mass is 10.2. The number of nitrogens with two attached hydrogens (primary N) is 1. The van der Waals surface area contributed by atoms with Crippen molar-refractivity contribution in [2.45, 2.75) is 6.42 Å². The highest BCUT2D eigenvalue weighted by Gasteiger charge is 2.07. The van der Waals surface area contributed by atoms with E-state index in [1.54, 1.807) is 29.5 Å². The van der Waals surface area contributed by atoms with Gasteiger partial charge in [-0.25, -0.2) is 0 Å². The molecule has 6 heteroatoms. The van der Waals surface area contributed by atoms with Crippen molar-refractivity contribution < 1.29 is 4.79 Å². The smallest absolute Gasteiger partial charge is 0.251 e. The molecule has 19 heavy (non-hydrogen) atoms. The zero-order valence-electron chi connectivity index (χ0n) is 9.95. The lowest BCUT2D eigenvalue weighted by Crippen LogP contribution is -2.25. The molecule has 0 saturated carbocycles. The fraction of sp³-hybridized carbons (Fsp3) is 0.154. The maximum Gasteiger partial charge on any atom is 0.251 e. The number of nitrogens with one attached hydrogen (secondary N) is 1. The lowest BCUT2D eigenvalue weighted by Gasteiger charge is -2.05. The van der Waals surface area contributed by atoms with Crippen LogP contribution in [-0.4, -0.2) is 12.5 Å². The second-order valence-electron chi connectivity index (χ2n) is 3.98. The van der Waals surface area contributed by atoms with Gasteiger partial charge in [-0.3, -0.25) is 4.79 Å². The van der Waals surface area contributed by atoms with Gasteiger partial charge in [0.2, 0.25) is 0 Å². The average molecular weight is 360 g/mol. The summed E-state index contributed by atoms with van der Waals surface area (Å²) >= 11 is 10.9. The second kappa shape index (κ2) is 6.41. The van der Waals surface area contributed by atoms with Crippen LogP contribution in [-0.2, 0) is 6.42 Å². The molecule has 0 fully saturated rings. The number of nitrogen functional groups attached to an aromatic ring is 1. The highest BCUT2D eigenvalue weighted by Crippen LogP contribution is 2.22. The molecule has 0 bridgehead atoms. The molecule has 0 radical (unpaired) electrons. The summed E-state index contributed by atoms with van der Waals surface area (Å²) in [4.78, 5) is 13.1. The maximum absolute atomic E-state index is 11.9. The van der Waals surface area contributed by atoms with E-state index in [1.807, 2.05) is 12.1 Å². The fourth-order valence-electron chi connectivity index (χ4n) is 1.63. The molecule has 2 aromatic rings. The number of amides is 1. The first-order valence-electron chi connectivity index (χ1n) is 5.63. The van der Waals surface area contributed by atoms with Crippen LogP contribution in [0.1, 0.15) is 15.2 Å². The van der Waals surface area contributed by atoms with Crippen molar-refractivity contribution in [3.63, 3.8) is 0 Å². The molecule has 0 aliphatic heterocycles. The first-order valence-corrected chi connectivity index (χ1v) is 7.62. The van der Waals surface area contributed by atoms with Gasteiger partial charge in [-0.2, -0.15) is 0 Å². The van der Waals surface area contributed by atoms with Crippen LogP contribution < -0.4 is 11.1 Å². The van der Waals surface area contributed by atoms with E-state index in [9.17, 15) is 4.79 Å². The number of hydrogen-bond acceptors (Lipinski definition) is 3. The zero-order valence-corrected chi connectivity index (χ0v) is 13.1. The first kappa shape index (κ1) is 14.4. The van der Waals surface area contributed by atoms with E-state index in [4.69, 9.17) is 17.3 Å². The number of thiophene rings is 1. The molecular formula is C13H12BrClN2OS. The largest absolute Gasteiger partial charge is 0.399 e. The van der Waals surface area contributed by atoms with Crippen LogP contribution in [0.15, 0.2) is 34.1 Å². The van der Waals surface area contributed by atoms with Crippen molar-refractivity contribution in [3.05, 3.63) is 49.6 Å². The van der Waals surface area contributed by atoms with E-state index < -0.39 is 0 Å². The Bertz CT molecular complexity index is 580. The molecule has 1 aromatic heterocycles. The number of hydrogen-bond donors (Lipinski definition) is 2. The third kappa shape index (κ3) is 4.23. The minimum Gasteiger partial charge on any atom is -0.399 e. The Morgan fingerprint density at radius 2 is 2.16 bits per heavy atom. The third-order valence-electron chi connectivity index (χ3n) is 2.47. The average Bonchev–Trinajstić information content (AvgIpc) is 2.73. The van der Waals surface area contributed by atoms with Gasteiger partial charge >= 0.3 is 0 Å². The molecule has 0 aliphatic carbocycles. The van der Waals surface area contributed by atoms with Crippen LogP contribution in [0.3, 0.4) is 0 Å². The Hall–Kier alpha value is -1.04. The van der Waals surface area contributed by atoms with Crippen molar-refractivity contribution in [2.75, 3.05) is 12.3 Å². The Labute approximate surface area is 128 Å². The highest BCUT2D eigenvalue weighted by atomic mass is 79.9.